The SMILES string of the molecule is CCCCCC(C)NC(=O)N(CCC)CC(=O)O. The predicted molar refractivity (Wildman–Crippen MR) is 71.6 cm³/mol. The van der Waals surface area contributed by atoms with Crippen LogP contribution in [0.4, 0.5) is 4.79 Å². The van der Waals surface area contributed by atoms with Crippen molar-refractivity contribution in [1.29, 1.82) is 0 Å². The van der Waals surface area contributed by atoms with E-state index in [0.717, 1.165) is 32.1 Å². The maximum Gasteiger partial charge on any atom is 0.323 e. The van der Waals surface area contributed by atoms with Crippen LogP contribution < -0.4 is 5.32 Å². The lowest BCUT2D eigenvalue weighted by Crippen LogP contribution is -2.46. The van der Waals surface area contributed by atoms with Crippen molar-refractivity contribution in [2.75, 3.05) is 13.1 Å². The zero-order chi connectivity index (χ0) is 14.0. The lowest BCUT2D eigenvalue weighted by Gasteiger charge is -2.23. The summed E-state index contributed by atoms with van der Waals surface area (Å²) in [4.78, 5) is 23.9. The zero-order valence-electron chi connectivity index (χ0n) is 11.7. The van der Waals surface area contributed by atoms with Crippen LogP contribution >= 0.6 is 0 Å². The average Bonchev–Trinajstić information content (AvgIpc) is 2.28. The molecular formula is C13H26N2O3. The number of nitrogens with one attached hydrogen (secondary N) is 1. The molecule has 0 saturated carbocycles. The molecule has 0 saturated heterocycles. The Morgan fingerprint density at radius 1 is 1.22 bits per heavy atom. The van der Waals surface area contributed by atoms with Gasteiger partial charge in [-0.2, -0.15) is 0 Å². The Bertz CT molecular complexity index is 257. The van der Waals surface area contributed by atoms with Crippen LogP contribution in [0.15, 0.2) is 0 Å². The molecule has 0 aromatic carbocycles. The molecule has 0 aromatic heterocycles. The fraction of sp³-hybridized carbons (Fsp3) is 0.846. The molecule has 0 aliphatic heterocycles. The Hall–Kier alpha value is -1.26. The molecule has 0 fully saturated rings. The Morgan fingerprint density at radius 2 is 1.89 bits per heavy atom. The van der Waals surface area contributed by atoms with Crippen molar-refractivity contribution >= 4 is 12.0 Å². The molecular weight excluding hydrogens is 232 g/mol. The first kappa shape index (κ1) is 16.7. The fourth-order valence-electron chi connectivity index (χ4n) is 1.76. The molecule has 0 spiro atoms. The van der Waals surface area contributed by atoms with Gasteiger partial charge in [-0.05, 0) is 19.8 Å². The van der Waals surface area contributed by atoms with Crippen LogP contribution in [0.2, 0.25) is 0 Å². The number of carboxylic acids is 1. The fourth-order valence-corrected chi connectivity index (χ4v) is 1.76. The highest BCUT2D eigenvalue weighted by molar-refractivity contribution is 5.80. The quantitative estimate of drug-likeness (QED) is 0.624. The van der Waals surface area contributed by atoms with Crippen molar-refractivity contribution in [2.24, 2.45) is 0 Å². The number of carbonyl (C=O) groups is 2. The number of amides is 2. The number of urea groups is 1. The summed E-state index contributed by atoms with van der Waals surface area (Å²) in [5.41, 5.74) is 0. The van der Waals surface area contributed by atoms with Gasteiger partial charge >= 0.3 is 12.0 Å². The second-order valence-electron chi connectivity index (χ2n) is 4.66. The van der Waals surface area contributed by atoms with Crippen LogP contribution in [0.3, 0.4) is 0 Å². The second kappa shape index (κ2) is 9.74. The first-order chi connectivity index (χ1) is 8.51. The van der Waals surface area contributed by atoms with Gasteiger partial charge in [0.1, 0.15) is 6.54 Å². The maximum absolute atomic E-state index is 11.9. The molecule has 5 heteroatoms. The first-order valence-corrected chi connectivity index (χ1v) is 6.78. The molecule has 0 aliphatic carbocycles. The van der Waals surface area contributed by atoms with E-state index in [1.807, 2.05) is 13.8 Å². The molecule has 18 heavy (non-hydrogen) atoms. The van der Waals surface area contributed by atoms with Crippen molar-refractivity contribution in [3.63, 3.8) is 0 Å². The number of hydrogen-bond acceptors (Lipinski definition) is 2. The van der Waals surface area contributed by atoms with E-state index >= 15 is 0 Å². The van der Waals surface area contributed by atoms with Gasteiger partial charge in [0.05, 0.1) is 0 Å². The molecule has 0 bridgehead atoms. The molecule has 0 rings (SSSR count). The van der Waals surface area contributed by atoms with E-state index < -0.39 is 5.97 Å². The molecule has 106 valence electrons. The van der Waals surface area contributed by atoms with Crippen molar-refractivity contribution in [3.8, 4) is 0 Å². The van der Waals surface area contributed by atoms with Gasteiger partial charge in [0.2, 0.25) is 0 Å². The van der Waals surface area contributed by atoms with E-state index in [0.29, 0.717) is 6.54 Å². The lowest BCUT2D eigenvalue weighted by molar-refractivity contribution is -0.137. The molecule has 2 amide bonds. The summed E-state index contributed by atoms with van der Waals surface area (Å²) < 4.78 is 0. The standard InChI is InChI=1S/C13H26N2O3/c1-4-6-7-8-11(3)14-13(18)15(9-5-2)10-12(16)17/h11H,4-10H2,1-3H3,(H,14,18)(H,16,17). The summed E-state index contributed by atoms with van der Waals surface area (Å²) in [7, 11) is 0. The molecule has 0 radical (unpaired) electrons. The summed E-state index contributed by atoms with van der Waals surface area (Å²) in [6.45, 7) is 6.26. The molecule has 0 heterocycles. The number of unbranched alkanes of at least 4 members (excludes halogenated alkanes) is 2. The van der Waals surface area contributed by atoms with Crippen LogP contribution in [0.25, 0.3) is 0 Å². The zero-order valence-corrected chi connectivity index (χ0v) is 11.7. The van der Waals surface area contributed by atoms with E-state index in [4.69, 9.17) is 5.11 Å². The highest BCUT2D eigenvalue weighted by Crippen LogP contribution is 2.03. The summed E-state index contributed by atoms with van der Waals surface area (Å²) in [6.07, 6.45) is 5.10. The van der Waals surface area contributed by atoms with Crippen molar-refractivity contribution in [2.45, 2.75) is 58.9 Å². The lowest BCUT2D eigenvalue weighted by atomic mass is 10.1. The Morgan fingerprint density at radius 3 is 2.39 bits per heavy atom. The Labute approximate surface area is 110 Å². The Kier molecular flexibility index (Phi) is 9.06. The number of carboxylic acid groups (broad SMARTS) is 1. The van der Waals surface area contributed by atoms with Gasteiger partial charge in [-0.25, -0.2) is 4.79 Å². The van der Waals surface area contributed by atoms with Crippen LogP contribution in [-0.2, 0) is 4.79 Å². The molecule has 5 nitrogen and oxygen atoms in total. The summed E-state index contributed by atoms with van der Waals surface area (Å²) in [5, 5.41) is 11.6. The van der Waals surface area contributed by atoms with Gasteiger partial charge in [0.25, 0.3) is 0 Å². The van der Waals surface area contributed by atoms with E-state index in [9.17, 15) is 9.59 Å². The number of nitrogens with zero attached hydrogens (tertiary/aromatic N) is 1. The third kappa shape index (κ3) is 7.92. The maximum atomic E-state index is 11.9. The van der Waals surface area contributed by atoms with Gasteiger partial charge in [-0.15, -0.1) is 0 Å². The van der Waals surface area contributed by atoms with Crippen molar-refractivity contribution < 1.29 is 14.7 Å². The number of aliphatic carboxylic acids is 1. The molecule has 0 aliphatic rings. The molecule has 0 aromatic rings. The van der Waals surface area contributed by atoms with E-state index in [1.165, 1.54) is 4.90 Å². The van der Waals surface area contributed by atoms with E-state index in [1.54, 1.807) is 0 Å². The van der Waals surface area contributed by atoms with Gasteiger partial charge < -0.3 is 15.3 Å². The Balaban J connectivity index is 4.10. The van der Waals surface area contributed by atoms with Crippen LogP contribution in [0.5, 0.6) is 0 Å². The number of carbonyl (C=O) groups excluding carboxylic acids is 1. The van der Waals surface area contributed by atoms with Crippen LogP contribution in [0.1, 0.15) is 52.9 Å². The monoisotopic (exact) mass is 258 g/mol. The van der Waals surface area contributed by atoms with Crippen molar-refractivity contribution in [1.82, 2.24) is 10.2 Å². The summed E-state index contributed by atoms with van der Waals surface area (Å²) in [5.74, 6) is -0.975. The molecule has 1 unspecified atom stereocenters. The first-order valence-electron chi connectivity index (χ1n) is 6.78. The van der Waals surface area contributed by atoms with Gasteiger partial charge in [-0.1, -0.05) is 33.1 Å². The van der Waals surface area contributed by atoms with Gasteiger partial charge in [0.15, 0.2) is 0 Å². The summed E-state index contributed by atoms with van der Waals surface area (Å²) in [6, 6.07) is -0.180. The van der Waals surface area contributed by atoms with Crippen molar-refractivity contribution in [3.05, 3.63) is 0 Å². The molecule has 1 atom stereocenters. The van der Waals surface area contributed by atoms with Crippen LogP contribution in [-0.4, -0.2) is 41.1 Å². The highest BCUT2D eigenvalue weighted by Gasteiger charge is 2.17. The van der Waals surface area contributed by atoms with Crippen LogP contribution in [0, 0.1) is 0 Å². The smallest absolute Gasteiger partial charge is 0.323 e. The normalized spacial score (nSPS) is 11.9. The van der Waals surface area contributed by atoms with Gasteiger partial charge in [-0.3, -0.25) is 4.79 Å². The number of hydrogen-bond donors (Lipinski definition) is 2. The minimum atomic E-state index is -0.975. The molecule has 2 N–H and O–H groups in total. The largest absolute Gasteiger partial charge is 0.480 e. The number of rotatable bonds is 9. The third-order valence-electron chi connectivity index (χ3n) is 2.72. The highest BCUT2D eigenvalue weighted by atomic mass is 16.4. The topological polar surface area (TPSA) is 69.6 Å². The minimum Gasteiger partial charge on any atom is -0.480 e. The van der Waals surface area contributed by atoms with E-state index in [2.05, 4.69) is 12.2 Å². The van der Waals surface area contributed by atoms with Gasteiger partial charge in [0, 0.05) is 12.6 Å². The van der Waals surface area contributed by atoms with E-state index in [-0.39, 0.29) is 18.6 Å². The third-order valence-corrected chi connectivity index (χ3v) is 2.72. The second-order valence-corrected chi connectivity index (χ2v) is 4.66. The summed E-state index contributed by atoms with van der Waals surface area (Å²) >= 11 is 0. The average molecular weight is 258 g/mol. The minimum absolute atomic E-state index is 0.0946. The predicted octanol–water partition coefficient (Wildman–Crippen LogP) is 2.46.